The first-order valence-electron chi connectivity index (χ1n) is 6.43. The van der Waals surface area contributed by atoms with E-state index in [1.807, 2.05) is 4.90 Å². The van der Waals surface area contributed by atoms with Crippen LogP contribution < -0.4 is 5.32 Å². The van der Waals surface area contributed by atoms with E-state index in [1.54, 1.807) is 0 Å². The summed E-state index contributed by atoms with van der Waals surface area (Å²) < 4.78 is 0. The lowest BCUT2D eigenvalue weighted by atomic mass is 9.89. The average molecular weight is 226 g/mol. The molecule has 1 rings (SSSR count). The largest absolute Gasteiger partial charge is 0.328 e. The molecule has 0 spiro atoms. The van der Waals surface area contributed by atoms with Gasteiger partial charge in [-0.25, -0.2) is 0 Å². The van der Waals surface area contributed by atoms with Crippen molar-refractivity contribution < 1.29 is 4.79 Å². The Morgan fingerprint density at radius 2 is 2.12 bits per heavy atom. The summed E-state index contributed by atoms with van der Waals surface area (Å²) in [6.45, 7) is 12.5. The van der Waals surface area contributed by atoms with Crippen molar-refractivity contribution in [3.05, 3.63) is 0 Å². The minimum atomic E-state index is 0.0395. The molecule has 0 aromatic heterocycles. The lowest BCUT2D eigenvalue weighted by Gasteiger charge is -2.29. The van der Waals surface area contributed by atoms with E-state index < -0.39 is 0 Å². The SMILES string of the molecule is CCC(C)C1NCN(CC(C)(C)CC)C1=O. The Morgan fingerprint density at radius 3 is 2.62 bits per heavy atom. The fraction of sp³-hybridized carbons (Fsp3) is 0.923. The number of amides is 1. The van der Waals surface area contributed by atoms with Gasteiger partial charge in [0.2, 0.25) is 5.91 Å². The third kappa shape index (κ3) is 2.97. The van der Waals surface area contributed by atoms with Crippen LogP contribution in [0.5, 0.6) is 0 Å². The topological polar surface area (TPSA) is 32.3 Å². The molecule has 1 aliphatic heterocycles. The highest BCUT2D eigenvalue weighted by Gasteiger charge is 2.36. The monoisotopic (exact) mass is 226 g/mol. The predicted molar refractivity (Wildman–Crippen MR) is 67.0 cm³/mol. The normalized spacial score (nSPS) is 23.9. The number of rotatable bonds is 5. The molecule has 94 valence electrons. The quantitative estimate of drug-likeness (QED) is 0.779. The number of hydrogen-bond donors (Lipinski definition) is 1. The first kappa shape index (κ1) is 13.5. The molecule has 0 bridgehead atoms. The summed E-state index contributed by atoms with van der Waals surface area (Å²) in [5.74, 6) is 0.720. The lowest BCUT2D eigenvalue weighted by molar-refractivity contribution is -0.131. The van der Waals surface area contributed by atoms with Gasteiger partial charge >= 0.3 is 0 Å². The van der Waals surface area contributed by atoms with Crippen LogP contribution in [0.1, 0.15) is 47.5 Å². The van der Waals surface area contributed by atoms with Gasteiger partial charge in [0, 0.05) is 6.54 Å². The van der Waals surface area contributed by atoms with Crippen molar-refractivity contribution in [1.82, 2.24) is 10.2 Å². The van der Waals surface area contributed by atoms with Crippen LogP contribution >= 0.6 is 0 Å². The predicted octanol–water partition coefficient (Wildman–Crippen LogP) is 2.23. The first-order valence-corrected chi connectivity index (χ1v) is 6.43. The molecule has 3 heteroatoms. The van der Waals surface area contributed by atoms with E-state index in [4.69, 9.17) is 0 Å². The van der Waals surface area contributed by atoms with Crippen molar-refractivity contribution >= 4 is 5.91 Å². The van der Waals surface area contributed by atoms with E-state index in [2.05, 4.69) is 39.9 Å². The van der Waals surface area contributed by atoms with Crippen LogP contribution in [0.15, 0.2) is 0 Å². The highest BCUT2D eigenvalue weighted by atomic mass is 16.2. The summed E-state index contributed by atoms with van der Waals surface area (Å²) in [4.78, 5) is 14.1. The maximum Gasteiger partial charge on any atom is 0.241 e. The maximum atomic E-state index is 12.2. The molecular weight excluding hydrogens is 200 g/mol. The second-order valence-corrected chi connectivity index (χ2v) is 5.78. The minimum Gasteiger partial charge on any atom is -0.328 e. The van der Waals surface area contributed by atoms with E-state index in [0.717, 1.165) is 26.1 Å². The van der Waals surface area contributed by atoms with E-state index in [-0.39, 0.29) is 17.4 Å². The molecule has 16 heavy (non-hydrogen) atoms. The molecule has 3 nitrogen and oxygen atoms in total. The molecule has 1 amide bonds. The van der Waals surface area contributed by atoms with E-state index in [0.29, 0.717) is 5.92 Å². The number of carbonyl (C=O) groups is 1. The van der Waals surface area contributed by atoms with E-state index in [1.165, 1.54) is 0 Å². The molecule has 1 fully saturated rings. The Morgan fingerprint density at radius 1 is 1.50 bits per heavy atom. The minimum absolute atomic E-state index is 0.0395. The van der Waals surface area contributed by atoms with Crippen LogP contribution in [0.25, 0.3) is 0 Å². The van der Waals surface area contributed by atoms with Gasteiger partial charge < -0.3 is 4.90 Å². The molecular formula is C13H26N2O. The molecule has 1 heterocycles. The molecule has 0 aromatic rings. The van der Waals surface area contributed by atoms with Gasteiger partial charge in [-0.1, -0.05) is 41.0 Å². The van der Waals surface area contributed by atoms with Crippen LogP contribution in [-0.2, 0) is 4.79 Å². The van der Waals surface area contributed by atoms with Crippen LogP contribution in [-0.4, -0.2) is 30.1 Å². The van der Waals surface area contributed by atoms with E-state index >= 15 is 0 Å². The van der Waals surface area contributed by atoms with Crippen molar-refractivity contribution in [3.8, 4) is 0 Å². The molecule has 0 aliphatic carbocycles. The first-order chi connectivity index (χ1) is 7.41. The Balaban J connectivity index is 2.58. The van der Waals surface area contributed by atoms with Gasteiger partial charge in [-0.3, -0.25) is 10.1 Å². The smallest absolute Gasteiger partial charge is 0.241 e. The lowest BCUT2D eigenvalue weighted by Crippen LogP contribution is -2.39. The number of carbonyl (C=O) groups excluding carboxylic acids is 1. The van der Waals surface area contributed by atoms with E-state index in [9.17, 15) is 4.79 Å². The zero-order chi connectivity index (χ0) is 12.3. The van der Waals surface area contributed by atoms with Crippen molar-refractivity contribution in [2.75, 3.05) is 13.2 Å². The summed E-state index contributed by atoms with van der Waals surface area (Å²) in [7, 11) is 0. The van der Waals surface area contributed by atoms with Crippen molar-refractivity contribution in [3.63, 3.8) is 0 Å². The zero-order valence-electron chi connectivity index (χ0n) is 11.3. The summed E-state index contributed by atoms with van der Waals surface area (Å²) in [6, 6.07) is 0.0395. The Hall–Kier alpha value is -0.570. The fourth-order valence-corrected chi connectivity index (χ4v) is 2.01. The number of nitrogens with zero attached hydrogens (tertiary/aromatic N) is 1. The Labute approximate surface area is 99.6 Å². The third-order valence-electron chi connectivity index (χ3n) is 3.87. The standard InChI is InChI=1S/C13H26N2O/c1-6-10(3)11-12(16)15(9-14-11)8-13(4,5)7-2/h10-11,14H,6-9H2,1-5H3. The van der Waals surface area contributed by atoms with Crippen LogP contribution in [0.2, 0.25) is 0 Å². The zero-order valence-corrected chi connectivity index (χ0v) is 11.3. The van der Waals surface area contributed by atoms with Crippen LogP contribution in [0, 0.1) is 11.3 Å². The highest BCUT2D eigenvalue weighted by Crippen LogP contribution is 2.24. The molecule has 1 aliphatic rings. The van der Waals surface area contributed by atoms with Crippen LogP contribution in [0.3, 0.4) is 0 Å². The highest BCUT2D eigenvalue weighted by molar-refractivity contribution is 5.84. The molecule has 0 aromatic carbocycles. The van der Waals surface area contributed by atoms with Crippen molar-refractivity contribution in [2.24, 2.45) is 11.3 Å². The van der Waals surface area contributed by atoms with Crippen LogP contribution in [0.4, 0.5) is 0 Å². The summed E-state index contributed by atoms with van der Waals surface area (Å²) in [5, 5.41) is 3.33. The Kier molecular flexibility index (Phi) is 4.36. The second-order valence-electron chi connectivity index (χ2n) is 5.78. The third-order valence-corrected chi connectivity index (χ3v) is 3.87. The molecule has 0 saturated carbocycles. The average Bonchev–Trinajstić information content (AvgIpc) is 2.59. The van der Waals surface area contributed by atoms with Gasteiger partial charge in [0.25, 0.3) is 0 Å². The summed E-state index contributed by atoms with van der Waals surface area (Å²) in [5.41, 5.74) is 0.224. The van der Waals surface area contributed by atoms with Gasteiger partial charge in [0.1, 0.15) is 0 Å². The fourth-order valence-electron chi connectivity index (χ4n) is 2.01. The molecule has 1 saturated heterocycles. The van der Waals surface area contributed by atoms with Gasteiger partial charge in [0.15, 0.2) is 0 Å². The Bertz CT molecular complexity index is 250. The van der Waals surface area contributed by atoms with Gasteiger partial charge in [-0.05, 0) is 17.8 Å². The number of hydrogen-bond acceptors (Lipinski definition) is 2. The summed E-state index contributed by atoms with van der Waals surface area (Å²) in [6.07, 6.45) is 2.15. The van der Waals surface area contributed by atoms with Gasteiger partial charge in [-0.2, -0.15) is 0 Å². The molecule has 1 N–H and O–H groups in total. The van der Waals surface area contributed by atoms with Gasteiger partial charge in [-0.15, -0.1) is 0 Å². The molecule has 0 radical (unpaired) electrons. The van der Waals surface area contributed by atoms with Gasteiger partial charge in [0.05, 0.1) is 12.7 Å². The second kappa shape index (κ2) is 5.17. The van der Waals surface area contributed by atoms with Crippen molar-refractivity contribution in [2.45, 2.75) is 53.5 Å². The molecule has 2 atom stereocenters. The molecule has 2 unspecified atom stereocenters. The maximum absolute atomic E-state index is 12.2. The summed E-state index contributed by atoms with van der Waals surface area (Å²) >= 11 is 0. The number of nitrogens with one attached hydrogen (secondary N) is 1. The van der Waals surface area contributed by atoms with Crippen molar-refractivity contribution in [1.29, 1.82) is 0 Å².